The highest BCUT2D eigenvalue weighted by atomic mass is 19.1. The van der Waals surface area contributed by atoms with E-state index >= 15 is 0 Å². The Morgan fingerprint density at radius 1 is 1.25 bits per heavy atom. The Bertz CT molecular complexity index is 675. The molecule has 4 nitrogen and oxygen atoms in total. The minimum atomic E-state index is -0.593. The topological polar surface area (TPSA) is 78.9 Å². The monoisotopic (exact) mass is 269 g/mol. The minimum absolute atomic E-state index is 0.221. The van der Waals surface area contributed by atoms with Crippen molar-refractivity contribution in [2.75, 3.05) is 5.32 Å². The molecule has 2 aromatic rings. The Morgan fingerprint density at radius 2 is 1.95 bits per heavy atom. The van der Waals surface area contributed by atoms with Crippen LogP contribution in [0, 0.1) is 17.1 Å². The van der Waals surface area contributed by atoms with Gasteiger partial charge in [0.15, 0.2) is 0 Å². The first-order valence-corrected chi connectivity index (χ1v) is 5.92. The molecule has 5 heteroatoms. The number of rotatable bonds is 4. The average Bonchev–Trinajstić information content (AvgIpc) is 2.46. The molecule has 0 saturated carbocycles. The third-order valence-electron chi connectivity index (χ3n) is 2.83. The van der Waals surface area contributed by atoms with E-state index in [0.717, 1.165) is 5.69 Å². The molecule has 20 heavy (non-hydrogen) atoms. The van der Waals surface area contributed by atoms with Gasteiger partial charge >= 0.3 is 0 Å². The van der Waals surface area contributed by atoms with Gasteiger partial charge in [-0.3, -0.25) is 4.79 Å². The van der Waals surface area contributed by atoms with Gasteiger partial charge in [-0.15, -0.1) is 0 Å². The lowest BCUT2D eigenvalue weighted by atomic mass is 10.1. The molecule has 2 rings (SSSR count). The summed E-state index contributed by atoms with van der Waals surface area (Å²) < 4.78 is 13.6. The highest BCUT2D eigenvalue weighted by Crippen LogP contribution is 2.14. The van der Waals surface area contributed by atoms with Gasteiger partial charge in [-0.1, -0.05) is 0 Å². The number of nitrogens with one attached hydrogen (secondary N) is 1. The van der Waals surface area contributed by atoms with E-state index in [-0.39, 0.29) is 12.1 Å². The van der Waals surface area contributed by atoms with Crippen molar-refractivity contribution in [2.24, 2.45) is 5.73 Å². The third-order valence-corrected chi connectivity index (χ3v) is 2.83. The largest absolute Gasteiger partial charge is 0.381 e. The van der Waals surface area contributed by atoms with Crippen molar-refractivity contribution in [3.63, 3.8) is 0 Å². The molecule has 0 fully saturated rings. The van der Waals surface area contributed by atoms with Crippen molar-refractivity contribution in [1.29, 1.82) is 5.26 Å². The fourth-order valence-corrected chi connectivity index (χ4v) is 1.72. The SMILES string of the molecule is N#Cc1ccc(NCc2cc(C(N)=O)ccc2F)cc1. The summed E-state index contributed by atoms with van der Waals surface area (Å²) in [4.78, 5) is 11.1. The summed E-state index contributed by atoms with van der Waals surface area (Å²) in [5.41, 5.74) is 7.09. The predicted octanol–water partition coefficient (Wildman–Crippen LogP) is 2.41. The molecule has 0 aliphatic carbocycles. The molecule has 0 aliphatic rings. The lowest BCUT2D eigenvalue weighted by Gasteiger charge is -2.08. The van der Waals surface area contributed by atoms with Crippen molar-refractivity contribution in [3.8, 4) is 6.07 Å². The van der Waals surface area contributed by atoms with Crippen LogP contribution in [0.2, 0.25) is 0 Å². The number of amides is 1. The Hall–Kier alpha value is -2.87. The van der Waals surface area contributed by atoms with Crippen molar-refractivity contribution in [3.05, 3.63) is 65.0 Å². The summed E-state index contributed by atoms with van der Waals surface area (Å²) >= 11 is 0. The van der Waals surface area contributed by atoms with Gasteiger partial charge in [0.25, 0.3) is 0 Å². The van der Waals surface area contributed by atoms with Crippen LogP contribution in [-0.4, -0.2) is 5.91 Å². The zero-order valence-electron chi connectivity index (χ0n) is 10.6. The van der Waals surface area contributed by atoms with E-state index in [4.69, 9.17) is 11.0 Å². The number of hydrogen-bond donors (Lipinski definition) is 2. The average molecular weight is 269 g/mol. The number of nitrogens with two attached hydrogens (primary N) is 1. The summed E-state index contributed by atoms with van der Waals surface area (Å²) in [6.07, 6.45) is 0. The molecule has 0 aromatic heterocycles. The van der Waals surface area contributed by atoms with Crippen LogP contribution in [0.5, 0.6) is 0 Å². The Kier molecular flexibility index (Phi) is 3.96. The van der Waals surface area contributed by atoms with E-state index in [0.29, 0.717) is 11.1 Å². The molecule has 100 valence electrons. The van der Waals surface area contributed by atoms with Gasteiger partial charge in [-0.05, 0) is 42.5 Å². The van der Waals surface area contributed by atoms with E-state index < -0.39 is 11.7 Å². The normalized spacial score (nSPS) is 9.80. The number of carbonyl (C=O) groups is 1. The maximum absolute atomic E-state index is 13.6. The molecule has 0 radical (unpaired) electrons. The number of anilines is 1. The Balaban J connectivity index is 2.12. The summed E-state index contributed by atoms with van der Waals surface area (Å²) in [6.45, 7) is 0.221. The van der Waals surface area contributed by atoms with Crippen molar-refractivity contribution < 1.29 is 9.18 Å². The highest BCUT2D eigenvalue weighted by Gasteiger charge is 2.07. The summed E-state index contributed by atoms with van der Waals surface area (Å²) in [6, 6.07) is 12.8. The molecule has 0 saturated heterocycles. The molecule has 2 aromatic carbocycles. The first-order chi connectivity index (χ1) is 9.60. The standard InChI is InChI=1S/C15H12FN3O/c16-14-6-3-11(15(18)20)7-12(14)9-19-13-4-1-10(8-17)2-5-13/h1-7,19H,9H2,(H2,18,20). The van der Waals surface area contributed by atoms with Crippen LogP contribution in [0.15, 0.2) is 42.5 Å². The van der Waals surface area contributed by atoms with Gasteiger partial charge in [0.05, 0.1) is 11.6 Å². The lowest BCUT2D eigenvalue weighted by Crippen LogP contribution is -2.12. The number of benzene rings is 2. The first kappa shape index (κ1) is 13.6. The van der Waals surface area contributed by atoms with Crippen molar-refractivity contribution in [2.45, 2.75) is 6.54 Å². The first-order valence-electron chi connectivity index (χ1n) is 5.92. The molecule has 0 unspecified atom stereocenters. The number of halogens is 1. The number of nitrogens with zero attached hydrogens (tertiary/aromatic N) is 1. The zero-order chi connectivity index (χ0) is 14.5. The fourth-order valence-electron chi connectivity index (χ4n) is 1.72. The van der Waals surface area contributed by atoms with Crippen molar-refractivity contribution >= 4 is 11.6 Å². The molecule has 1 amide bonds. The molecular weight excluding hydrogens is 257 g/mol. The molecule has 3 N–H and O–H groups in total. The molecule has 0 bridgehead atoms. The van der Waals surface area contributed by atoms with Crippen LogP contribution in [0.1, 0.15) is 21.5 Å². The molecule has 0 aliphatic heterocycles. The van der Waals surface area contributed by atoms with Crippen LogP contribution < -0.4 is 11.1 Å². The van der Waals surface area contributed by atoms with E-state index in [1.165, 1.54) is 18.2 Å². The summed E-state index contributed by atoms with van der Waals surface area (Å²) in [5.74, 6) is -0.999. The zero-order valence-corrected chi connectivity index (χ0v) is 10.6. The third kappa shape index (κ3) is 3.12. The number of hydrogen-bond acceptors (Lipinski definition) is 3. The Labute approximate surface area is 115 Å². The maximum Gasteiger partial charge on any atom is 0.248 e. The van der Waals surface area contributed by atoms with Crippen LogP contribution in [0.4, 0.5) is 10.1 Å². The van der Waals surface area contributed by atoms with Crippen molar-refractivity contribution in [1.82, 2.24) is 0 Å². The quantitative estimate of drug-likeness (QED) is 0.894. The van der Waals surface area contributed by atoms with Crippen LogP contribution in [0.3, 0.4) is 0 Å². The van der Waals surface area contributed by atoms with Crippen LogP contribution in [-0.2, 0) is 6.54 Å². The van der Waals surface area contributed by atoms with E-state index in [1.807, 2.05) is 6.07 Å². The second-order valence-corrected chi connectivity index (χ2v) is 4.21. The smallest absolute Gasteiger partial charge is 0.248 e. The number of nitriles is 1. The molecule has 0 heterocycles. The summed E-state index contributed by atoms with van der Waals surface area (Å²) in [7, 11) is 0. The fraction of sp³-hybridized carbons (Fsp3) is 0.0667. The van der Waals surface area contributed by atoms with Crippen LogP contribution >= 0.6 is 0 Å². The minimum Gasteiger partial charge on any atom is -0.381 e. The summed E-state index contributed by atoms with van der Waals surface area (Å²) in [5, 5.41) is 11.7. The van der Waals surface area contributed by atoms with Gasteiger partial charge in [-0.2, -0.15) is 5.26 Å². The van der Waals surface area contributed by atoms with E-state index in [1.54, 1.807) is 24.3 Å². The van der Waals surface area contributed by atoms with Gasteiger partial charge in [0, 0.05) is 23.4 Å². The highest BCUT2D eigenvalue weighted by molar-refractivity contribution is 5.92. The molecule has 0 atom stereocenters. The van der Waals surface area contributed by atoms with Gasteiger partial charge in [0.2, 0.25) is 5.91 Å². The van der Waals surface area contributed by atoms with Crippen LogP contribution in [0.25, 0.3) is 0 Å². The second-order valence-electron chi connectivity index (χ2n) is 4.21. The lowest BCUT2D eigenvalue weighted by molar-refractivity contribution is 0.1000. The number of primary amides is 1. The Morgan fingerprint density at radius 3 is 2.55 bits per heavy atom. The molecular formula is C15H12FN3O. The maximum atomic E-state index is 13.6. The predicted molar refractivity (Wildman–Crippen MR) is 73.4 cm³/mol. The van der Waals surface area contributed by atoms with Gasteiger partial charge in [-0.25, -0.2) is 4.39 Å². The number of carbonyl (C=O) groups excluding carboxylic acids is 1. The van der Waals surface area contributed by atoms with Gasteiger partial charge < -0.3 is 11.1 Å². The second kappa shape index (κ2) is 5.85. The van der Waals surface area contributed by atoms with E-state index in [9.17, 15) is 9.18 Å². The van der Waals surface area contributed by atoms with Gasteiger partial charge in [0.1, 0.15) is 5.82 Å². The molecule has 0 spiro atoms. The van der Waals surface area contributed by atoms with E-state index in [2.05, 4.69) is 5.32 Å².